The Morgan fingerprint density at radius 1 is 1.12 bits per heavy atom. The first-order valence-corrected chi connectivity index (χ1v) is 16.2. The first kappa shape index (κ1) is 34.8. The molecule has 4 aromatic rings. The molecule has 1 atom stereocenters. The van der Waals surface area contributed by atoms with E-state index in [4.69, 9.17) is 19.6 Å². The van der Waals surface area contributed by atoms with Gasteiger partial charge in [-0.1, -0.05) is 12.1 Å². The summed E-state index contributed by atoms with van der Waals surface area (Å²) >= 11 is 0. The van der Waals surface area contributed by atoms with Gasteiger partial charge in [0, 0.05) is 65.9 Å². The molecule has 2 heterocycles. The van der Waals surface area contributed by atoms with Crippen LogP contribution in [0.15, 0.2) is 60.7 Å². The zero-order valence-corrected chi connectivity index (χ0v) is 28.4. The van der Waals surface area contributed by atoms with Crippen molar-refractivity contribution >= 4 is 35.2 Å². The van der Waals surface area contributed by atoms with Crippen molar-refractivity contribution in [2.75, 3.05) is 30.5 Å². The van der Waals surface area contributed by atoms with Gasteiger partial charge in [-0.05, 0) is 87.6 Å². The molecule has 49 heavy (non-hydrogen) atoms. The van der Waals surface area contributed by atoms with Crippen LogP contribution in [0.1, 0.15) is 69.3 Å². The Morgan fingerprint density at radius 2 is 1.92 bits per heavy atom. The van der Waals surface area contributed by atoms with Crippen LogP contribution in [0.25, 0.3) is 11.3 Å². The van der Waals surface area contributed by atoms with Crippen molar-refractivity contribution in [3.05, 3.63) is 104 Å². The molecule has 0 radical (unpaired) electrons. The van der Waals surface area contributed by atoms with Crippen LogP contribution in [0.2, 0.25) is 0 Å². The van der Waals surface area contributed by atoms with Crippen molar-refractivity contribution < 1.29 is 28.7 Å². The van der Waals surface area contributed by atoms with Gasteiger partial charge in [0.05, 0.1) is 36.3 Å². The molecule has 3 aromatic carbocycles. The minimum atomic E-state index is -0.623. The van der Waals surface area contributed by atoms with Crippen molar-refractivity contribution in [1.82, 2.24) is 4.57 Å². The molecule has 1 aliphatic heterocycles. The van der Waals surface area contributed by atoms with Crippen molar-refractivity contribution in [1.29, 1.82) is 5.41 Å². The van der Waals surface area contributed by atoms with Crippen molar-refractivity contribution in [2.45, 2.75) is 52.8 Å². The molecule has 0 saturated carbocycles. The molecule has 12 nitrogen and oxygen atoms in total. The number of ether oxygens (including phenoxy) is 3. The number of anilines is 2. The van der Waals surface area contributed by atoms with Gasteiger partial charge in [-0.25, -0.2) is 4.79 Å². The fourth-order valence-corrected chi connectivity index (χ4v) is 6.06. The van der Waals surface area contributed by atoms with Crippen LogP contribution in [0.5, 0.6) is 5.75 Å². The van der Waals surface area contributed by atoms with Gasteiger partial charge < -0.3 is 34.4 Å². The van der Waals surface area contributed by atoms with Crippen molar-refractivity contribution in [3.8, 4) is 17.0 Å². The van der Waals surface area contributed by atoms with Gasteiger partial charge in [-0.3, -0.25) is 14.9 Å². The molecule has 1 unspecified atom stereocenters. The second kappa shape index (κ2) is 15.2. The van der Waals surface area contributed by atoms with Crippen LogP contribution in [0.3, 0.4) is 0 Å². The highest BCUT2D eigenvalue weighted by Crippen LogP contribution is 2.35. The number of amides is 1. The molecular formula is C37H41N5O7. The molecule has 5 rings (SSSR count). The average Bonchev–Trinajstić information content (AvgIpc) is 3.40. The van der Waals surface area contributed by atoms with Gasteiger partial charge in [0.1, 0.15) is 12.0 Å². The van der Waals surface area contributed by atoms with Gasteiger partial charge in [-0.2, -0.15) is 0 Å². The quantitative estimate of drug-likeness (QED) is 0.0698. The van der Waals surface area contributed by atoms with Gasteiger partial charge in [0.25, 0.3) is 11.6 Å². The lowest BCUT2D eigenvalue weighted by molar-refractivity contribution is -0.384. The Kier molecular flexibility index (Phi) is 10.8. The second-order valence-electron chi connectivity index (χ2n) is 11.8. The number of esters is 1. The molecule has 1 aromatic heterocycles. The van der Waals surface area contributed by atoms with Crippen LogP contribution in [0.4, 0.5) is 17.1 Å². The number of nitrogens with one attached hydrogen (secondary N) is 2. The number of carbonyl (C=O) groups is 2. The molecule has 2 N–H and O–H groups in total. The molecular weight excluding hydrogens is 626 g/mol. The van der Waals surface area contributed by atoms with Gasteiger partial charge >= 0.3 is 5.97 Å². The van der Waals surface area contributed by atoms with Crippen LogP contribution in [0, 0.1) is 29.4 Å². The Morgan fingerprint density at radius 3 is 2.59 bits per heavy atom. The van der Waals surface area contributed by atoms with E-state index >= 15 is 0 Å². The van der Waals surface area contributed by atoms with Crippen LogP contribution < -0.4 is 15.0 Å². The fourth-order valence-electron chi connectivity index (χ4n) is 6.06. The largest absolute Gasteiger partial charge is 0.496 e. The number of nitrogens with zero attached hydrogens (tertiary/aromatic N) is 3. The molecule has 0 spiro atoms. The third-order valence-corrected chi connectivity index (χ3v) is 8.94. The number of nitro benzene ring substituents is 1. The summed E-state index contributed by atoms with van der Waals surface area (Å²) in [5, 5.41) is 23.2. The molecule has 1 amide bonds. The molecule has 12 heteroatoms. The summed E-state index contributed by atoms with van der Waals surface area (Å²) in [5.74, 6) is -0.258. The van der Waals surface area contributed by atoms with E-state index in [0.717, 1.165) is 30.4 Å². The highest BCUT2D eigenvalue weighted by Gasteiger charge is 2.28. The monoisotopic (exact) mass is 667 g/mol. The van der Waals surface area contributed by atoms with E-state index < -0.39 is 10.9 Å². The lowest BCUT2D eigenvalue weighted by Gasteiger charge is -2.28. The Balaban J connectivity index is 1.64. The van der Waals surface area contributed by atoms with Crippen molar-refractivity contribution in [2.24, 2.45) is 7.05 Å². The van der Waals surface area contributed by atoms with E-state index in [0.29, 0.717) is 46.2 Å². The maximum absolute atomic E-state index is 14.8. The van der Waals surface area contributed by atoms with E-state index in [9.17, 15) is 19.7 Å². The fraction of sp³-hybridized carbons (Fsp3) is 0.324. The van der Waals surface area contributed by atoms with E-state index in [1.165, 1.54) is 24.4 Å². The topological polar surface area (TPSA) is 149 Å². The van der Waals surface area contributed by atoms with Crippen LogP contribution in [-0.4, -0.2) is 54.1 Å². The molecule has 0 bridgehead atoms. The first-order valence-electron chi connectivity index (χ1n) is 16.2. The highest BCUT2D eigenvalue weighted by atomic mass is 16.6. The van der Waals surface area contributed by atoms with Crippen molar-refractivity contribution in [3.63, 3.8) is 0 Å². The number of aromatic nitrogens is 1. The third-order valence-electron chi connectivity index (χ3n) is 8.94. The Hall–Kier alpha value is -5.49. The maximum Gasteiger partial charge on any atom is 0.338 e. The number of non-ortho nitro benzene ring substituents is 1. The van der Waals surface area contributed by atoms with Gasteiger partial charge in [-0.15, -0.1) is 0 Å². The smallest absolute Gasteiger partial charge is 0.338 e. The summed E-state index contributed by atoms with van der Waals surface area (Å²) in [6.45, 7) is 6.38. The lowest BCUT2D eigenvalue weighted by Crippen LogP contribution is -2.32. The first-order chi connectivity index (χ1) is 23.6. The molecule has 1 aliphatic rings. The zero-order valence-electron chi connectivity index (χ0n) is 28.4. The lowest BCUT2D eigenvalue weighted by atomic mass is 10.0. The maximum atomic E-state index is 14.8. The molecule has 1 saturated heterocycles. The Bertz CT molecular complexity index is 1890. The number of methoxy groups -OCH3 is 1. The summed E-state index contributed by atoms with van der Waals surface area (Å²) in [6.07, 6.45) is 3.89. The highest BCUT2D eigenvalue weighted by molar-refractivity contribution is 6.09. The zero-order chi connectivity index (χ0) is 35.2. The number of benzene rings is 3. The predicted octanol–water partition coefficient (Wildman–Crippen LogP) is 7.19. The van der Waals surface area contributed by atoms with E-state index in [-0.39, 0.29) is 42.1 Å². The molecule has 1 fully saturated rings. The summed E-state index contributed by atoms with van der Waals surface area (Å²) in [5.41, 5.74) is 5.28. The third kappa shape index (κ3) is 7.34. The minimum absolute atomic E-state index is 0.129. The molecule has 256 valence electrons. The summed E-state index contributed by atoms with van der Waals surface area (Å²) < 4.78 is 18.5. The standard InChI is InChI=1S/C37H41N5O7/c1-6-48-37(44)29-16-15-28(42(45)46)18-31(29)33-20-30(24(3)40(33)4)36(43)41(22-26-10-9-11-34(47-5)23(26)2)27-14-13-25(21-38)32(19-27)39-35-12-7-8-17-49-35/h9-11,13-16,18-21,35,38-39H,6-8,12,17,22H2,1-5H3. The average molecular weight is 668 g/mol. The summed E-state index contributed by atoms with van der Waals surface area (Å²) in [4.78, 5) is 40.6. The van der Waals surface area contributed by atoms with E-state index in [1.54, 1.807) is 55.7 Å². The molecule has 0 aliphatic carbocycles. The normalized spacial score (nSPS) is 14.2. The van der Waals surface area contributed by atoms with Gasteiger partial charge in [0.15, 0.2) is 0 Å². The van der Waals surface area contributed by atoms with E-state index in [1.807, 2.05) is 31.2 Å². The number of nitro groups is 1. The second-order valence-corrected chi connectivity index (χ2v) is 11.8. The minimum Gasteiger partial charge on any atom is -0.496 e. The number of carbonyl (C=O) groups excluding carboxylic acids is 2. The summed E-state index contributed by atoms with van der Waals surface area (Å²) in [6, 6.07) is 16.8. The number of rotatable bonds is 12. The van der Waals surface area contributed by atoms with E-state index in [2.05, 4.69) is 5.32 Å². The Labute approximate surface area is 285 Å². The van der Waals surface area contributed by atoms with Gasteiger partial charge in [0.2, 0.25) is 0 Å². The van der Waals surface area contributed by atoms with Crippen LogP contribution >= 0.6 is 0 Å². The van der Waals surface area contributed by atoms with Crippen LogP contribution in [-0.2, 0) is 23.1 Å². The number of hydrogen-bond donors (Lipinski definition) is 2. The summed E-state index contributed by atoms with van der Waals surface area (Å²) in [7, 11) is 3.35. The predicted molar refractivity (Wildman–Crippen MR) is 188 cm³/mol. The number of hydrogen-bond acceptors (Lipinski definition) is 9. The SMILES string of the molecule is CCOC(=O)c1ccc([N+](=O)[O-])cc1-c1cc(C(=O)N(Cc2cccc(OC)c2C)c2ccc(C=N)c(NC3CCCCO3)c2)c(C)n1C.